The fraction of sp³-hybridized carbons (Fsp3) is 0.235. The standard InChI is InChI=1S/C17H16O3S/c18-16-8-9-20-17-12-13(6-7-15(16)17)19-10-11-21-14-4-2-1-3-5-14/h1-7,12H,8-11H2. The maximum atomic E-state index is 11.7. The zero-order chi connectivity index (χ0) is 14.5. The molecular formula is C17H16O3S. The van der Waals surface area contributed by atoms with Crippen LogP contribution in [0.2, 0.25) is 0 Å². The predicted molar refractivity (Wildman–Crippen MR) is 83.5 cm³/mol. The SMILES string of the molecule is O=C1CCOc2cc(OCCSc3ccccc3)ccc21. The number of fused-ring (bicyclic) bond motifs is 1. The Balaban J connectivity index is 1.53. The number of ether oxygens (including phenoxy) is 2. The van der Waals surface area contributed by atoms with Crippen LogP contribution in [-0.4, -0.2) is 24.7 Å². The lowest BCUT2D eigenvalue weighted by molar-refractivity contribution is 0.0933. The molecule has 0 N–H and O–H groups in total. The minimum atomic E-state index is 0.141. The molecule has 1 aliphatic heterocycles. The Hall–Kier alpha value is -1.94. The number of hydrogen-bond donors (Lipinski definition) is 0. The summed E-state index contributed by atoms with van der Waals surface area (Å²) in [6, 6.07) is 15.7. The van der Waals surface area contributed by atoms with Gasteiger partial charge in [-0.2, -0.15) is 0 Å². The zero-order valence-corrected chi connectivity index (χ0v) is 12.4. The highest BCUT2D eigenvalue weighted by molar-refractivity contribution is 7.99. The lowest BCUT2D eigenvalue weighted by Crippen LogP contribution is -2.15. The van der Waals surface area contributed by atoms with Gasteiger partial charge in [-0.15, -0.1) is 11.8 Å². The molecule has 3 nitrogen and oxygen atoms in total. The van der Waals surface area contributed by atoms with Crippen molar-refractivity contribution in [3.05, 3.63) is 54.1 Å². The highest BCUT2D eigenvalue weighted by Crippen LogP contribution is 2.29. The number of carbonyl (C=O) groups excluding carboxylic acids is 1. The van der Waals surface area contributed by atoms with E-state index in [0.717, 1.165) is 11.5 Å². The first kappa shape index (κ1) is 14.0. The van der Waals surface area contributed by atoms with Crippen molar-refractivity contribution in [3.8, 4) is 11.5 Å². The summed E-state index contributed by atoms with van der Waals surface area (Å²) in [7, 11) is 0. The number of hydrogen-bond acceptors (Lipinski definition) is 4. The van der Waals surface area contributed by atoms with Crippen molar-refractivity contribution in [1.29, 1.82) is 0 Å². The molecule has 0 amide bonds. The van der Waals surface area contributed by atoms with Gasteiger partial charge in [-0.1, -0.05) is 18.2 Å². The first-order chi connectivity index (χ1) is 10.3. The third-order valence-corrected chi connectivity index (χ3v) is 4.18. The molecule has 0 unspecified atom stereocenters. The smallest absolute Gasteiger partial charge is 0.169 e. The van der Waals surface area contributed by atoms with Gasteiger partial charge in [-0.3, -0.25) is 4.79 Å². The number of rotatable bonds is 5. The molecule has 0 atom stereocenters. The fourth-order valence-corrected chi connectivity index (χ4v) is 2.92. The Morgan fingerprint density at radius 1 is 1.14 bits per heavy atom. The van der Waals surface area contributed by atoms with Crippen LogP contribution >= 0.6 is 11.8 Å². The van der Waals surface area contributed by atoms with Crippen LogP contribution in [0.4, 0.5) is 0 Å². The molecule has 2 aromatic rings. The Morgan fingerprint density at radius 3 is 2.86 bits per heavy atom. The topological polar surface area (TPSA) is 35.5 Å². The summed E-state index contributed by atoms with van der Waals surface area (Å²) in [4.78, 5) is 12.9. The number of Topliss-reactive ketones (excluding diaryl/α,β-unsaturated/α-hetero) is 1. The molecule has 2 aromatic carbocycles. The maximum absolute atomic E-state index is 11.7. The van der Waals surface area contributed by atoms with Crippen molar-refractivity contribution in [2.45, 2.75) is 11.3 Å². The van der Waals surface area contributed by atoms with Gasteiger partial charge in [0.2, 0.25) is 0 Å². The van der Waals surface area contributed by atoms with Gasteiger partial charge in [0.1, 0.15) is 11.5 Å². The van der Waals surface area contributed by atoms with Crippen molar-refractivity contribution >= 4 is 17.5 Å². The first-order valence-electron chi connectivity index (χ1n) is 6.93. The molecule has 0 spiro atoms. The molecule has 21 heavy (non-hydrogen) atoms. The van der Waals surface area contributed by atoms with Crippen LogP contribution < -0.4 is 9.47 Å². The Kier molecular flexibility index (Phi) is 4.46. The minimum Gasteiger partial charge on any atom is -0.493 e. The third kappa shape index (κ3) is 3.58. The number of ketones is 1. The highest BCUT2D eigenvalue weighted by Gasteiger charge is 2.18. The quantitative estimate of drug-likeness (QED) is 0.621. The molecule has 4 heteroatoms. The summed E-state index contributed by atoms with van der Waals surface area (Å²) < 4.78 is 11.2. The van der Waals surface area contributed by atoms with Crippen LogP contribution in [-0.2, 0) is 0 Å². The van der Waals surface area contributed by atoms with E-state index in [1.54, 1.807) is 23.9 Å². The van der Waals surface area contributed by atoms with Gasteiger partial charge in [0, 0.05) is 23.1 Å². The second kappa shape index (κ2) is 6.68. The van der Waals surface area contributed by atoms with Crippen molar-refractivity contribution in [2.75, 3.05) is 19.0 Å². The Morgan fingerprint density at radius 2 is 2.00 bits per heavy atom. The summed E-state index contributed by atoms with van der Waals surface area (Å²) in [5, 5.41) is 0. The minimum absolute atomic E-state index is 0.141. The van der Waals surface area contributed by atoms with E-state index < -0.39 is 0 Å². The van der Waals surface area contributed by atoms with Gasteiger partial charge >= 0.3 is 0 Å². The van der Waals surface area contributed by atoms with Crippen molar-refractivity contribution in [3.63, 3.8) is 0 Å². The number of thioether (sulfide) groups is 1. The largest absolute Gasteiger partial charge is 0.493 e. The van der Waals surface area contributed by atoms with Gasteiger partial charge in [0.15, 0.2) is 5.78 Å². The predicted octanol–water partition coefficient (Wildman–Crippen LogP) is 3.82. The van der Waals surface area contributed by atoms with Gasteiger partial charge in [0.25, 0.3) is 0 Å². The van der Waals surface area contributed by atoms with E-state index in [2.05, 4.69) is 12.1 Å². The Labute approximate surface area is 128 Å². The molecular weight excluding hydrogens is 284 g/mol. The van der Waals surface area contributed by atoms with Gasteiger partial charge in [0.05, 0.1) is 18.8 Å². The average molecular weight is 300 g/mol. The maximum Gasteiger partial charge on any atom is 0.169 e. The van der Waals surface area contributed by atoms with Crippen LogP contribution in [0, 0.1) is 0 Å². The normalized spacial score (nSPS) is 13.4. The number of carbonyl (C=O) groups is 1. The monoisotopic (exact) mass is 300 g/mol. The van der Waals surface area contributed by atoms with Gasteiger partial charge in [-0.25, -0.2) is 0 Å². The molecule has 0 aliphatic carbocycles. The molecule has 0 fully saturated rings. The molecule has 1 heterocycles. The summed E-state index contributed by atoms with van der Waals surface area (Å²) in [5.74, 6) is 2.40. The molecule has 108 valence electrons. The molecule has 0 saturated heterocycles. The second-order valence-electron chi connectivity index (χ2n) is 4.69. The summed E-state index contributed by atoms with van der Waals surface area (Å²) in [6.07, 6.45) is 0.459. The van der Waals surface area contributed by atoms with Crippen LogP contribution in [0.5, 0.6) is 11.5 Å². The van der Waals surface area contributed by atoms with E-state index in [1.807, 2.05) is 24.3 Å². The molecule has 0 bridgehead atoms. The number of benzene rings is 2. The van der Waals surface area contributed by atoms with Crippen LogP contribution in [0.25, 0.3) is 0 Å². The Bertz CT molecular complexity index is 625. The zero-order valence-electron chi connectivity index (χ0n) is 11.6. The van der Waals surface area contributed by atoms with E-state index in [4.69, 9.17) is 9.47 Å². The third-order valence-electron chi connectivity index (χ3n) is 3.20. The molecule has 0 radical (unpaired) electrons. The van der Waals surface area contributed by atoms with Gasteiger partial charge < -0.3 is 9.47 Å². The summed E-state index contributed by atoms with van der Waals surface area (Å²) >= 11 is 1.76. The fourth-order valence-electron chi connectivity index (χ4n) is 2.17. The first-order valence-corrected chi connectivity index (χ1v) is 7.92. The average Bonchev–Trinajstić information content (AvgIpc) is 2.53. The lowest BCUT2D eigenvalue weighted by Gasteiger charge is -2.17. The van der Waals surface area contributed by atoms with Crippen molar-refractivity contribution in [2.24, 2.45) is 0 Å². The van der Waals surface area contributed by atoms with Gasteiger partial charge in [-0.05, 0) is 24.3 Å². The highest BCUT2D eigenvalue weighted by atomic mass is 32.2. The second-order valence-corrected chi connectivity index (χ2v) is 5.86. The van der Waals surface area contributed by atoms with E-state index in [-0.39, 0.29) is 5.78 Å². The van der Waals surface area contributed by atoms with Crippen molar-refractivity contribution < 1.29 is 14.3 Å². The molecule has 0 aromatic heterocycles. The van der Waals surface area contributed by atoms with Crippen LogP contribution in [0.3, 0.4) is 0 Å². The molecule has 1 aliphatic rings. The summed E-state index contributed by atoms with van der Waals surface area (Å²) in [6.45, 7) is 1.07. The molecule has 0 saturated carbocycles. The van der Waals surface area contributed by atoms with E-state index in [1.165, 1.54) is 4.90 Å². The lowest BCUT2D eigenvalue weighted by atomic mass is 10.1. The van der Waals surface area contributed by atoms with Crippen LogP contribution in [0.15, 0.2) is 53.4 Å². The van der Waals surface area contributed by atoms with Crippen LogP contribution in [0.1, 0.15) is 16.8 Å². The van der Waals surface area contributed by atoms with E-state index >= 15 is 0 Å². The molecule has 3 rings (SSSR count). The van der Waals surface area contributed by atoms with E-state index in [0.29, 0.717) is 30.9 Å². The summed E-state index contributed by atoms with van der Waals surface area (Å²) in [5.41, 5.74) is 0.660. The van der Waals surface area contributed by atoms with Crippen molar-refractivity contribution in [1.82, 2.24) is 0 Å². The van der Waals surface area contributed by atoms with E-state index in [9.17, 15) is 4.79 Å².